The Balaban J connectivity index is 2.22. The van der Waals surface area contributed by atoms with E-state index in [9.17, 15) is 0 Å². The van der Waals surface area contributed by atoms with Crippen molar-refractivity contribution < 1.29 is 0 Å². The molecule has 0 aliphatic carbocycles. The van der Waals surface area contributed by atoms with Crippen LogP contribution in [0.4, 0.5) is 5.69 Å². The van der Waals surface area contributed by atoms with Crippen LogP contribution >= 0.6 is 11.9 Å². The van der Waals surface area contributed by atoms with Crippen molar-refractivity contribution in [3.8, 4) is 0 Å². The van der Waals surface area contributed by atoms with Crippen LogP contribution in [0.2, 0.25) is 0 Å². The van der Waals surface area contributed by atoms with Crippen LogP contribution in [0.5, 0.6) is 0 Å². The lowest BCUT2D eigenvalue weighted by molar-refractivity contribution is 0.315. The van der Waals surface area contributed by atoms with Gasteiger partial charge < -0.3 is 10.2 Å². The van der Waals surface area contributed by atoms with Gasteiger partial charge in [-0.1, -0.05) is 31.0 Å². The zero-order valence-electron chi connectivity index (χ0n) is 13.1. The summed E-state index contributed by atoms with van der Waals surface area (Å²) in [5, 5.41) is 3.55. The Kier molecular flexibility index (Phi) is 5.35. The first-order valence-electron chi connectivity index (χ1n) is 7.36. The fourth-order valence-corrected chi connectivity index (χ4v) is 3.32. The molecule has 1 aromatic rings. The van der Waals surface area contributed by atoms with Gasteiger partial charge in [-0.3, -0.25) is 4.72 Å². The summed E-state index contributed by atoms with van der Waals surface area (Å²) in [4.78, 5) is 2.29. The van der Waals surface area contributed by atoms with Crippen molar-refractivity contribution in [2.45, 2.75) is 30.9 Å². The molecule has 0 saturated heterocycles. The third-order valence-electron chi connectivity index (χ3n) is 4.22. The average Bonchev–Trinajstić information content (AvgIpc) is 2.44. The van der Waals surface area contributed by atoms with Crippen molar-refractivity contribution in [2.24, 2.45) is 0 Å². The Morgan fingerprint density at radius 3 is 2.90 bits per heavy atom. The van der Waals surface area contributed by atoms with Crippen molar-refractivity contribution in [3.63, 3.8) is 0 Å². The molecular weight excluding hydrogens is 266 g/mol. The number of benzene rings is 1. The fourth-order valence-electron chi connectivity index (χ4n) is 2.83. The molecule has 0 aromatic heterocycles. The minimum atomic E-state index is 0.297. The van der Waals surface area contributed by atoms with Crippen LogP contribution in [-0.2, 0) is 11.2 Å². The zero-order valence-corrected chi connectivity index (χ0v) is 13.9. The Hall–Kier alpha value is -0.710. The maximum atomic E-state index is 3.55. The molecule has 3 nitrogen and oxygen atoms in total. The molecule has 0 spiro atoms. The number of fused-ring (bicyclic) bond motifs is 1. The van der Waals surface area contributed by atoms with Gasteiger partial charge in [0.1, 0.15) is 0 Å². The second-order valence-corrected chi connectivity index (χ2v) is 7.15. The fraction of sp³-hybridized carbons (Fsp3) is 0.625. The monoisotopic (exact) mass is 293 g/mol. The minimum Gasteiger partial charge on any atom is -0.385 e. The lowest BCUT2D eigenvalue weighted by atomic mass is 9.73. The smallest absolute Gasteiger partial charge is 0.0378 e. The second kappa shape index (κ2) is 6.83. The molecule has 0 saturated carbocycles. The number of rotatable bonds is 6. The molecule has 0 amide bonds. The van der Waals surface area contributed by atoms with Gasteiger partial charge >= 0.3 is 0 Å². The van der Waals surface area contributed by atoms with Crippen molar-refractivity contribution in [1.29, 1.82) is 0 Å². The van der Waals surface area contributed by atoms with E-state index in [1.54, 1.807) is 11.9 Å². The molecule has 0 radical (unpaired) electrons. The van der Waals surface area contributed by atoms with Gasteiger partial charge in [0.2, 0.25) is 0 Å². The van der Waals surface area contributed by atoms with E-state index in [0.717, 1.165) is 18.8 Å². The van der Waals surface area contributed by atoms with E-state index in [2.05, 4.69) is 54.2 Å². The summed E-state index contributed by atoms with van der Waals surface area (Å²) in [6, 6.07) is 6.91. The highest BCUT2D eigenvalue weighted by Gasteiger charge is 2.31. The van der Waals surface area contributed by atoms with Crippen molar-refractivity contribution in [1.82, 2.24) is 9.62 Å². The quantitative estimate of drug-likeness (QED) is 0.788. The predicted molar refractivity (Wildman–Crippen MR) is 90.4 cm³/mol. The molecule has 0 fully saturated rings. The Bertz CT molecular complexity index is 447. The highest BCUT2D eigenvalue weighted by molar-refractivity contribution is 7.96. The lowest BCUT2D eigenvalue weighted by Gasteiger charge is -2.38. The molecule has 1 aliphatic heterocycles. The van der Waals surface area contributed by atoms with Crippen LogP contribution in [0.1, 0.15) is 30.9 Å². The number of nitrogens with zero attached hydrogens (tertiary/aromatic N) is 1. The van der Waals surface area contributed by atoms with Crippen LogP contribution in [0.25, 0.3) is 0 Å². The van der Waals surface area contributed by atoms with E-state index < -0.39 is 0 Å². The SMILES string of the molecule is CNSCc1ccc2c(c1)C(C)(CCN(C)C)CCN2. The lowest BCUT2D eigenvalue weighted by Crippen LogP contribution is -2.34. The van der Waals surface area contributed by atoms with Gasteiger partial charge in [0, 0.05) is 18.0 Å². The summed E-state index contributed by atoms with van der Waals surface area (Å²) in [5.41, 5.74) is 4.53. The molecule has 4 heteroatoms. The van der Waals surface area contributed by atoms with E-state index in [1.807, 2.05) is 7.05 Å². The van der Waals surface area contributed by atoms with Crippen molar-refractivity contribution >= 4 is 17.6 Å². The predicted octanol–water partition coefficient (Wildman–Crippen LogP) is 3.08. The Labute approximate surface area is 127 Å². The highest BCUT2D eigenvalue weighted by atomic mass is 32.2. The molecule has 2 N–H and O–H groups in total. The van der Waals surface area contributed by atoms with Gasteiger partial charge in [0.05, 0.1) is 0 Å². The Morgan fingerprint density at radius 2 is 2.20 bits per heavy atom. The summed E-state index contributed by atoms with van der Waals surface area (Å²) in [7, 11) is 6.29. The largest absolute Gasteiger partial charge is 0.385 e. The first-order chi connectivity index (χ1) is 9.55. The van der Waals surface area contributed by atoms with Crippen LogP contribution in [-0.4, -0.2) is 39.1 Å². The van der Waals surface area contributed by atoms with E-state index in [1.165, 1.54) is 29.7 Å². The molecule has 1 aromatic carbocycles. The van der Waals surface area contributed by atoms with E-state index >= 15 is 0 Å². The van der Waals surface area contributed by atoms with Gasteiger partial charge in [-0.2, -0.15) is 0 Å². The van der Waals surface area contributed by atoms with Crippen LogP contribution in [0.15, 0.2) is 18.2 Å². The summed E-state index contributed by atoms with van der Waals surface area (Å²) in [5.74, 6) is 1.02. The van der Waals surface area contributed by atoms with Crippen LogP contribution in [0.3, 0.4) is 0 Å². The molecule has 1 atom stereocenters. The third-order valence-corrected chi connectivity index (χ3v) is 4.99. The van der Waals surface area contributed by atoms with Crippen molar-refractivity contribution in [3.05, 3.63) is 29.3 Å². The van der Waals surface area contributed by atoms with Gasteiger partial charge in [-0.25, -0.2) is 0 Å². The summed E-state index contributed by atoms with van der Waals surface area (Å²) in [6.45, 7) is 4.65. The zero-order chi connectivity index (χ0) is 14.6. The average molecular weight is 293 g/mol. The maximum Gasteiger partial charge on any atom is 0.0378 e. The molecule has 112 valence electrons. The van der Waals surface area contributed by atoms with E-state index in [-0.39, 0.29) is 0 Å². The summed E-state index contributed by atoms with van der Waals surface area (Å²) < 4.78 is 3.15. The van der Waals surface area contributed by atoms with Crippen LogP contribution in [0, 0.1) is 0 Å². The normalized spacial score (nSPS) is 21.6. The topological polar surface area (TPSA) is 27.3 Å². The molecule has 2 rings (SSSR count). The second-order valence-electron chi connectivity index (χ2n) is 6.16. The van der Waals surface area contributed by atoms with Gasteiger partial charge in [-0.15, -0.1) is 0 Å². The summed E-state index contributed by atoms with van der Waals surface area (Å²) >= 11 is 1.75. The number of anilines is 1. The van der Waals surface area contributed by atoms with Crippen molar-refractivity contribution in [2.75, 3.05) is 39.5 Å². The van der Waals surface area contributed by atoms with E-state index in [4.69, 9.17) is 0 Å². The third kappa shape index (κ3) is 3.68. The molecular formula is C16H27N3S. The van der Waals surface area contributed by atoms with Gasteiger partial charge in [0.15, 0.2) is 0 Å². The maximum absolute atomic E-state index is 3.55. The van der Waals surface area contributed by atoms with Gasteiger partial charge in [0.25, 0.3) is 0 Å². The minimum absolute atomic E-state index is 0.297. The Morgan fingerprint density at radius 1 is 1.40 bits per heavy atom. The first kappa shape index (κ1) is 15.7. The standard InChI is InChI=1S/C16H27N3S/c1-16(8-10-19(3)4)7-9-18-15-6-5-13(11-14(15)16)12-20-17-2/h5-6,11,17-18H,7-10,12H2,1-4H3. The number of nitrogens with one attached hydrogen (secondary N) is 2. The highest BCUT2D eigenvalue weighted by Crippen LogP contribution is 2.40. The molecule has 1 aliphatic rings. The van der Waals surface area contributed by atoms with Gasteiger partial charge in [-0.05, 0) is 63.1 Å². The molecule has 1 unspecified atom stereocenters. The number of hydrogen-bond acceptors (Lipinski definition) is 4. The molecule has 1 heterocycles. The summed E-state index contributed by atoms with van der Waals surface area (Å²) in [6.07, 6.45) is 2.44. The number of hydrogen-bond donors (Lipinski definition) is 2. The van der Waals surface area contributed by atoms with Crippen LogP contribution < -0.4 is 10.0 Å². The first-order valence-corrected chi connectivity index (χ1v) is 8.34. The molecule has 0 bridgehead atoms. The molecule has 20 heavy (non-hydrogen) atoms. The van der Waals surface area contributed by atoms with E-state index in [0.29, 0.717) is 5.41 Å².